The summed E-state index contributed by atoms with van der Waals surface area (Å²) in [5, 5.41) is 17.5. The van der Waals surface area contributed by atoms with Crippen molar-refractivity contribution in [3.8, 4) is 0 Å². The molecular formula is C10H8ClN3OS. The summed E-state index contributed by atoms with van der Waals surface area (Å²) in [6.07, 6.45) is 1.01. The van der Waals surface area contributed by atoms with Crippen LogP contribution in [0.3, 0.4) is 0 Å². The first-order valence-corrected chi connectivity index (χ1v) is 5.96. The summed E-state index contributed by atoms with van der Waals surface area (Å²) in [4.78, 5) is 0. The lowest BCUT2D eigenvalue weighted by atomic mass is 10.4. The Morgan fingerprint density at radius 2 is 2.31 bits per heavy atom. The number of aliphatic hydroxyl groups is 1. The first-order valence-electron chi connectivity index (χ1n) is 4.77. The molecule has 1 N–H and O–H groups in total. The molecule has 82 valence electrons. The molecule has 0 fully saturated rings. The molecular weight excluding hydrogens is 246 g/mol. The van der Waals surface area contributed by atoms with Crippen LogP contribution in [0.2, 0.25) is 4.34 Å². The third-order valence-corrected chi connectivity index (χ3v) is 3.64. The van der Waals surface area contributed by atoms with Gasteiger partial charge in [-0.15, -0.1) is 16.4 Å². The quantitative estimate of drug-likeness (QED) is 0.725. The minimum absolute atomic E-state index is 0.530. The van der Waals surface area contributed by atoms with Gasteiger partial charge in [0.25, 0.3) is 0 Å². The number of aromatic nitrogens is 3. The van der Waals surface area contributed by atoms with Crippen molar-refractivity contribution in [3.05, 3.63) is 28.5 Å². The van der Waals surface area contributed by atoms with Crippen molar-refractivity contribution < 1.29 is 5.11 Å². The molecule has 1 atom stereocenters. The Hall–Kier alpha value is -1.17. The van der Waals surface area contributed by atoms with Gasteiger partial charge in [-0.3, -0.25) is 4.40 Å². The van der Waals surface area contributed by atoms with Gasteiger partial charge in [0.2, 0.25) is 0 Å². The molecule has 0 saturated carbocycles. The average molecular weight is 254 g/mol. The summed E-state index contributed by atoms with van der Waals surface area (Å²) in [6.45, 7) is 1.67. The maximum atomic E-state index is 9.65. The molecule has 3 aromatic rings. The number of aliphatic hydroxyl groups excluding tert-OH is 1. The van der Waals surface area contributed by atoms with E-state index in [0.29, 0.717) is 5.82 Å². The van der Waals surface area contributed by atoms with E-state index in [4.69, 9.17) is 11.6 Å². The summed E-state index contributed by atoms with van der Waals surface area (Å²) in [5.74, 6) is 0.530. The Bertz CT molecular complexity index is 673. The predicted octanol–water partition coefficient (Wildman–Crippen LogP) is 2.65. The van der Waals surface area contributed by atoms with Crippen molar-refractivity contribution in [2.75, 3.05) is 0 Å². The predicted molar refractivity (Wildman–Crippen MR) is 64.0 cm³/mol. The molecule has 0 aliphatic rings. The van der Waals surface area contributed by atoms with Crippen LogP contribution in [0, 0.1) is 0 Å². The van der Waals surface area contributed by atoms with E-state index in [0.717, 1.165) is 20.1 Å². The van der Waals surface area contributed by atoms with Gasteiger partial charge < -0.3 is 5.11 Å². The Morgan fingerprint density at radius 3 is 3.06 bits per heavy atom. The van der Waals surface area contributed by atoms with Crippen molar-refractivity contribution in [1.29, 1.82) is 0 Å². The van der Waals surface area contributed by atoms with Gasteiger partial charge in [0.05, 0.1) is 26.3 Å². The molecule has 0 amide bonds. The molecule has 0 bridgehead atoms. The van der Waals surface area contributed by atoms with Gasteiger partial charge in [-0.25, -0.2) is 0 Å². The van der Waals surface area contributed by atoms with Gasteiger partial charge in [0.1, 0.15) is 6.10 Å². The molecule has 3 rings (SSSR count). The molecule has 0 spiro atoms. The van der Waals surface area contributed by atoms with E-state index in [1.807, 2.05) is 16.5 Å². The molecule has 0 aromatic carbocycles. The molecule has 4 nitrogen and oxygen atoms in total. The zero-order valence-corrected chi connectivity index (χ0v) is 9.96. The van der Waals surface area contributed by atoms with E-state index in [1.54, 1.807) is 13.1 Å². The van der Waals surface area contributed by atoms with Gasteiger partial charge >= 0.3 is 0 Å². The van der Waals surface area contributed by atoms with E-state index in [1.165, 1.54) is 11.3 Å². The van der Waals surface area contributed by atoms with Crippen LogP contribution in [0.25, 0.3) is 15.7 Å². The largest absolute Gasteiger partial charge is 0.385 e. The Morgan fingerprint density at radius 1 is 1.50 bits per heavy atom. The van der Waals surface area contributed by atoms with Crippen molar-refractivity contribution in [3.63, 3.8) is 0 Å². The molecule has 0 saturated heterocycles. The smallest absolute Gasteiger partial charge is 0.165 e. The second kappa shape index (κ2) is 3.41. The highest BCUT2D eigenvalue weighted by atomic mass is 35.5. The number of rotatable bonds is 1. The summed E-state index contributed by atoms with van der Waals surface area (Å²) in [7, 11) is 0. The lowest BCUT2D eigenvalue weighted by molar-refractivity contribution is 0.186. The monoisotopic (exact) mass is 253 g/mol. The molecule has 0 radical (unpaired) electrons. The zero-order chi connectivity index (χ0) is 11.3. The van der Waals surface area contributed by atoms with Crippen LogP contribution in [0.1, 0.15) is 18.9 Å². The van der Waals surface area contributed by atoms with Gasteiger partial charge in [0, 0.05) is 0 Å². The topological polar surface area (TPSA) is 50.4 Å². The van der Waals surface area contributed by atoms with Crippen LogP contribution < -0.4 is 0 Å². The minimum atomic E-state index is -0.662. The van der Waals surface area contributed by atoms with Crippen LogP contribution in [0.5, 0.6) is 0 Å². The third kappa shape index (κ3) is 1.32. The SMILES string of the molecule is CC(O)c1nncc2cc3sc(Cl)cc3n12. The van der Waals surface area contributed by atoms with Crippen LogP contribution in [-0.4, -0.2) is 19.7 Å². The maximum Gasteiger partial charge on any atom is 0.165 e. The van der Waals surface area contributed by atoms with Crippen LogP contribution in [0.15, 0.2) is 18.3 Å². The fourth-order valence-electron chi connectivity index (χ4n) is 1.79. The standard InChI is InChI=1S/C10H8ClN3OS/c1-5(15)10-13-12-4-6-2-8-7(14(6)10)3-9(11)16-8/h2-5,15H,1H3. The molecule has 16 heavy (non-hydrogen) atoms. The Labute approximate surface area is 100 Å². The summed E-state index contributed by atoms with van der Waals surface area (Å²) in [5.41, 5.74) is 1.89. The zero-order valence-electron chi connectivity index (χ0n) is 8.38. The fourth-order valence-corrected chi connectivity index (χ4v) is 2.96. The molecule has 3 aromatic heterocycles. The second-order valence-electron chi connectivity index (χ2n) is 3.58. The summed E-state index contributed by atoms with van der Waals surface area (Å²) < 4.78 is 3.68. The summed E-state index contributed by atoms with van der Waals surface area (Å²) in [6, 6.07) is 3.87. The van der Waals surface area contributed by atoms with Crippen LogP contribution >= 0.6 is 22.9 Å². The number of nitrogens with zero attached hydrogens (tertiary/aromatic N) is 3. The van der Waals surface area contributed by atoms with Gasteiger partial charge in [-0.1, -0.05) is 11.6 Å². The maximum absolute atomic E-state index is 9.65. The summed E-state index contributed by atoms with van der Waals surface area (Å²) >= 11 is 7.47. The first-order chi connectivity index (χ1) is 7.66. The molecule has 3 heterocycles. The van der Waals surface area contributed by atoms with Crippen molar-refractivity contribution in [2.45, 2.75) is 13.0 Å². The molecule has 0 aliphatic heterocycles. The second-order valence-corrected chi connectivity index (χ2v) is 5.30. The number of thiophene rings is 1. The number of hydrogen-bond acceptors (Lipinski definition) is 4. The first kappa shape index (κ1) is 10.0. The van der Waals surface area contributed by atoms with Gasteiger partial charge in [-0.05, 0) is 19.1 Å². The van der Waals surface area contributed by atoms with Crippen LogP contribution in [-0.2, 0) is 0 Å². The highest BCUT2D eigenvalue weighted by molar-refractivity contribution is 7.22. The van der Waals surface area contributed by atoms with E-state index in [2.05, 4.69) is 10.2 Å². The van der Waals surface area contributed by atoms with Crippen molar-refractivity contribution in [1.82, 2.24) is 14.6 Å². The lowest BCUT2D eigenvalue weighted by Gasteiger charge is -2.06. The van der Waals surface area contributed by atoms with E-state index < -0.39 is 6.10 Å². The fraction of sp³-hybridized carbons (Fsp3) is 0.200. The number of hydrogen-bond donors (Lipinski definition) is 1. The van der Waals surface area contributed by atoms with Gasteiger partial charge in [0.15, 0.2) is 5.82 Å². The van der Waals surface area contributed by atoms with E-state index in [-0.39, 0.29) is 0 Å². The minimum Gasteiger partial charge on any atom is -0.385 e. The Kier molecular flexibility index (Phi) is 2.14. The Balaban J connectivity index is 2.50. The van der Waals surface area contributed by atoms with E-state index in [9.17, 15) is 5.11 Å². The molecule has 6 heteroatoms. The number of halogens is 1. The van der Waals surface area contributed by atoms with Crippen molar-refractivity contribution in [2.24, 2.45) is 0 Å². The molecule has 0 aliphatic carbocycles. The number of fused-ring (bicyclic) bond motifs is 3. The molecule has 1 unspecified atom stereocenters. The van der Waals surface area contributed by atoms with Crippen molar-refractivity contribution >= 4 is 38.7 Å². The average Bonchev–Trinajstić information content (AvgIpc) is 2.72. The lowest BCUT2D eigenvalue weighted by Crippen LogP contribution is -2.05. The van der Waals surface area contributed by atoms with Crippen LogP contribution in [0.4, 0.5) is 0 Å². The van der Waals surface area contributed by atoms with E-state index >= 15 is 0 Å². The normalized spacial score (nSPS) is 13.7. The highest BCUT2D eigenvalue weighted by Crippen LogP contribution is 2.32. The third-order valence-electron chi connectivity index (χ3n) is 2.44. The van der Waals surface area contributed by atoms with Gasteiger partial charge in [-0.2, -0.15) is 5.10 Å². The highest BCUT2D eigenvalue weighted by Gasteiger charge is 2.14.